The number of nitrogens with zero attached hydrogens (tertiary/aromatic N) is 4. The number of carbonyl (C=O) groups is 3. The fraction of sp³-hybridized carbons (Fsp3) is 0.267. The van der Waals surface area contributed by atoms with Crippen molar-refractivity contribution in [2.75, 3.05) is 6.54 Å². The second-order valence-electron chi connectivity index (χ2n) is 5.06. The van der Waals surface area contributed by atoms with E-state index in [-0.39, 0.29) is 30.5 Å². The van der Waals surface area contributed by atoms with Crippen LogP contribution < -0.4 is 0 Å². The van der Waals surface area contributed by atoms with Crippen LogP contribution in [0.3, 0.4) is 0 Å². The highest BCUT2D eigenvalue weighted by Crippen LogP contribution is 2.22. The first-order valence-electron chi connectivity index (χ1n) is 7.15. The molecule has 8 nitrogen and oxygen atoms in total. The van der Waals surface area contributed by atoms with Crippen LogP contribution in [-0.4, -0.2) is 49.3 Å². The van der Waals surface area contributed by atoms with Crippen molar-refractivity contribution in [1.82, 2.24) is 19.9 Å². The van der Waals surface area contributed by atoms with Crippen LogP contribution in [0.2, 0.25) is 0 Å². The lowest BCUT2D eigenvalue weighted by atomic mass is 10.1. The Bertz CT molecular complexity index is 777. The summed E-state index contributed by atoms with van der Waals surface area (Å²) in [5.41, 5.74) is 0.996. The highest BCUT2D eigenvalue weighted by atomic mass is 16.4. The van der Waals surface area contributed by atoms with Crippen LogP contribution in [-0.2, 0) is 13.0 Å². The van der Waals surface area contributed by atoms with Crippen molar-refractivity contribution < 1.29 is 19.5 Å². The van der Waals surface area contributed by atoms with Crippen molar-refractivity contribution in [2.45, 2.75) is 19.9 Å². The van der Waals surface area contributed by atoms with Crippen LogP contribution in [0.5, 0.6) is 0 Å². The van der Waals surface area contributed by atoms with Crippen LogP contribution >= 0.6 is 0 Å². The first kappa shape index (κ1) is 14.9. The molecule has 0 atom stereocenters. The molecule has 0 radical (unpaired) electrons. The molecule has 2 amide bonds. The van der Waals surface area contributed by atoms with E-state index in [0.717, 1.165) is 4.90 Å². The zero-order valence-electron chi connectivity index (χ0n) is 12.4. The highest BCUT2D eigenvalue weighted by molar-refractivity contribution is 6.21. The Labute approximate surface area is 131 Å². The van der Waals surface area contributed by atoms with E-state index in [0.29, 0.717) is 23.4 Å². The van der Waals surface area contributed by atoms with E-state index in [1.54, 1.807) is 24.3 Å². The normalized spacial score (nSPS) is 13.5. The summed E-state index contributed by atoms with van der Waals surface area (Å²) >= 11 is 0. The Morgan fingerprint density at radius 2 is 1.78 bits per heavy atom. The van der Waals surface area contributed by atoms with Crippen molar-refractivity contribution >= 4 is 17.8 Å². The van der Waals surface area contributed by atoms with Crippen molar-refractivity contribution in [1.29, 1.82) is 0 Å². The summed E-state index contributed by atoms with van der Waals surface area (Å²) in [6, 6.07) is 6.62. The fourth-order valence-corrected chi connectivity index (χ4v) is 2.66. The summed E-state index contributed by atoms with van der Waals surface area (Å²) in [4.78, 5) is 36.9. The van der Waals surface area contributed by atoms with Gasteiger partial charge in [0.1, 0.15) is 0 Å². The molecule has 1 aliphatic heterocycles. The molecule has 0 unspecified atom stereocenters. The number of fused-ring (bicyclic) bond motifs is 1. The van der Waals surface area contributed by atoms with Crippen molar-refractivity contribution in [3.63, 3.8) is 0 Å². The number of aryl methyl sites for hydroxylation is 1. The van der Waals surface area contributed by atoms with Crippen molar-refractivity contribution in [3.8, 4) is 0 Å². The van der Waals surface area contributed by atoms with Crippen LogP contribution in [0.25, 0.3) is 0 Å². The van der Waals surface area contributed by atoms with Crippen LogP contribution in [0.4, 0.5) is 0 Å². The molecular weight excluding hydrogens is 300 g/mol. The maximum atomic E-state index is 12.3. The standard InChI is InChI=1S/C15H14N4O4/c1-2-19-11(12(15(22)23)16-17-19)7-8-18-13(20)9-5-3-4-6-10(9)14(18)21/h3-6H,2,7-8H2,1H3,(H,22,23). The number of amides is 2. The Morgan fingerprint density at radius 1 is 1.17 bits per heavy atom. The molecule has 0 aliphatic carbocycles. The van der Waals surface area contributed by atoms with Crippen LogP contribution in [0.15, 0.2) is 24.3 Å². The van der Waals surface area contributed by atoms with Gasteiger partial charge in [-0.3, -0.25) is 14.5 Å². The van der Waals surface area contributed by atoms with Gasteiger partial charge in [0.2, 0.25) is 0 Å². The van der Waals surface area contributed by atoms with E-state index in [1.165, 1.54) is 4.68 Å². The topological polar surface area (TPSA) is 105 Å². The molecule has 2 heterocycles. The van der Waals surface area contributed by atoms with Gasteiger partial charge in [-0.25, -0.2) is 9.48 Å². The second-order valence-corrected chi connectivity index (χ2v) is 5.06. The average Bonchev–Trinajstić information content (AvgIpc) is 3.06. The van der Waals surface area contributed by atoms with Gasteiger partial charge in [0.05, 0.1) is 16.8 Å². The predicted octanol–water partition coefficient (Wildman–Crippen LogP) is 0.835. The molecule has 3 rings (SSSR count). The second kappa shape index (κ2) is 5.64. The first-order valence-corrected chi connectivity index (χ1v) is 7.15. The lowest BCUT2D eigenvalue weighted by molar-refractivity contribution is 0.0655. The zero-order chi connectivity index (χ0) is 16.6. The maximum Gasteiger partial charge on any atom is 0.358 e. The number of hydrogen-bond acceptors (Lipinski definition) is 5. The van der Waals surface area contributed by atoms with Gasteiger partial charge in [0, 0.05) is 19.5 Å². The van der Waals surface area contributed by atoms with Crippen LogP contribution in [0.1, 0.15) is 43.8 Å². The molecule has 0 fully saturated rings. The van der Waals surface area contributed by atoms with Gasteiger partial charge in [-0.2, -0.15) is 0 Å². The minimum atomic E-state index is -1.18. The lowest BCUT2D eigenvalue weighted by Gasteiger charge is -2.14. The monoisotopic (exact) mass is 314 g/mol. The van der Waals surface area contributed by atoms with E-state index in [2.05, 4.69) is 10.3 Å². The van der Waals surface area contributed by atoms with Crippen molar-refractivity contribution in [3.05, 3.63) is 46.8 Å². The largest absolute Gasteiger partial charge is 0.476 e. The molecule has 1 aliphatic rings. The molecular formula is C15H14N4O4. The smallest absolute Gasteiger partial charge is 0.358 e. The number of benzene rings is 1. The van der Waals surface area contributed by atoms with Gasteiger partial charge < -0.3 is 5.11 Å². The number of carboxylic acid groups (broad SMARTS) is 1. The SMILES string of the molecule is CCn1nnc(C(=O)O)c1CCN1C(=O)c2ccccc2C1=O. The molecule has 1 N–H and O–H groups in total. The molecule has 0 saturated carbocycles. The number of aromatic nitrogens is 3. The van der Waals surface area contributed by atoms with E-state index < -0.39 is 5.97 Å². The van der Waals surface area contributed by atoms with Gasteiger partial charge >= 0.3 is 5.97 Å². The van der Waals surface area contributed by atoms with E-state index >= 15 is 0 Å². The minimum absolute atomic E-state index is 0.0833. The molecule has 0 spiro atoms. The van der Waals surface area contributed by atoms with Crippen molar-refractivity contribution in [2.24, 2.45) is 0 Å². The average molecular weight is 314 g/mol. The van der Waals surface area contributed by atoms with Gasteiger partial charge in [-0.15, -0.1) is 5.10 Å². The van der Waals surface area contributed by atoms with Gasteiger partial charge in [0.15, 0.2) is 5.69 Å². The molecule has 8 heteroatoms. The molecule has 2 aromatic rings. The summed E-state index contributed by atoms with van der Waals surface area (Å²) in [5, 5.41) is 16.6. The van der Waals surface area contributed by atoms with E-state index in [9.17, 15) is 14.4 Å². The lowest BCUT2D eigenvalue weighted by Crippen LogP contribution is -2.32. The number of carbonyl (C=O) groups excluding carboxylic acids is 2. The molecule has 118 valence electrons. The summed E-state index contributed by atoms with van der Waals surface area (Å²) in [6.07, 6.45) is 0.188. The Kier molecular flexibility index (Phi) is 3.65. The number of carboxylic acids is 1. The highest BCUT2D eigenvalue weighted by Gasteiger charge is 2.35. The minimum Gasteiger partial charge on any atom is -0.476 e. The number of imide groups is 1. The predicted molar refractivity (Wildman–Crippen MR) is 78.2 cm³/mol. The summed E-state index contributed by atoms with van der Waals surface area (Å²) in [5.74, 6) is -1.90. The number of hydrogen-bond donors (Lipinski definition) is 1. The zero-order valence-corrected chi connectivity index (χ0v) is 12.4. The van der Waals surface area contributed by atoms with E-state index in [1.807, 2.05) is 6.92 Å². The molecule has 1 aromatic carbocycles. The maximum absolute atomic E-state index is 12.3. The molecule has 1 aromatic heterocycles. The summed E-state index contributed by atoms with van der Waals surface area (Å²) in [6.45, 7) is 2.35. The summed E-state index contributed by atoms with van der Waals surface area (Å²) < 4.78 is 1.46. The first-order chi connectivity index (χ1) is 11.0. The Hall–Kier alpha value is -3.03. The van der Waals surface area contributed by atoms with E-state index in [4.69, 9.17) is 5.11 Å². The quantitative estimate of drug-likeness (QED) is 0.820. The molecule has 0 saturated heterocycles. The number of aromatic carboxylic acids is 1. The Balaban J connectivity index is 1.83. The molecule has 23 heavy (non-hydrogen) atoms. The number of rotatable bonds is 5. The Morgan fingerprint density at radius 3 is 2.30 bits per heavy atom. The van der Waals surface area contributed by atoms with Gasteiger partial charge in [0.25, 0.3) is 11.8 Å². The third-order valence-electron chi connectivity index (χ3n) is 3.79. The van der Waals surface area contributed by atoms with Gasteiger partial charge in [-0.05, 0) is 19.1 Å². The third-order valence-corrected chi connectivity index (χ3v) is 3.79. The fourth-order valence-electron chi connectivity index (χ4n) is 2.66. The van der Waals surface area contributed by atoms with Gasteiger partial charge in [-0.1, -0.05) is 17.3 Å². The molecule has 0 bridgehead atoms. The van der Waals surface area contributed by atoms with Crippen LogP contribution in [0, 0.1) is 0 Å². The third kappa shape index (κ3) is 2.37. The summed E-state index contributed by atoms with van der Waals surface area (Å²) in [7, 11) is 0.